The molecular weight excluding hydrogens is 260 g/mol. The fraction of sp³-hybridized carbons (Fsp3) is 0.571. The first-order chi connectivity index (χ1) is 9.70. The van der Waals surface area contributed by atoms with Crippen molar-refractivity contribution in [3.8, 4) is 5.75 Å². The van der Waals surface area contributed by atoms with Crippen LogP contribution in [0.3, 0.4) is 0 Å². The molecular formula is C14H20N2O4. The molecule has 20 heavy (non-hydrogen) atoms. The normalized spacial score (nSPS) is 18.8. The van der Waals surface area contributed by atoms with E-state index in [1.54, 1.807) is 19.2 Å². The minimum Gasteiger partial charge on any atom is -0.496 e. The summed E-state index contributed by atoms with van der Waals surface area (Å²) in [6.45, 7) is 3.06. The van der Waals surface area contributed by atoms with Gasteiger partial charge in [0.15, 0.2) is 0 Å². The number of hydrogen-bond donors (Lipinski definition) is 1. The van der Waals surface area contributed by atoms with E-state index in [-0.39, 0.29) is 5.69 Å². The first-order valence-electron chi connectivity index (χ1n) is 6.80. The van der Waals surface area contributed by atoms with Crippen LogP contribution in [0.25, 0.3) is 0 Å². The van der Waals surface area contributed by atoms with Crippen molar-refractivity contribution in [1.82, 2.24) is 5.32 Å². The zero-order valence-electron chi connectivity index (χ0n) is 11.6. The van der Waals surface area contributed by atoms with E-state index in [2.05, 4.69) is 5.32 Å². The van der Waals surface area contributed by atoms with E-state index in [0.717, 1.165) is 31.7 Å². The number of nitrogens with one attached hydrogen (secondary N) is 1. The number of rotatable bonds is 6. The second kappa shape index (κ2) is 7.21. The zero-order valence-corrected chi connectivity index (χ0v) is 11.6. The zero-order chi connectivity index (χ0) is 14.4. The van der Waals surface area contributed by atoms with Gasteiger partial charge < -0.3 is 14.8 Å². The highest BCUT2D eigenvalue weighted by molar-refractivity contribution is 5.43. The van der Waals surface area contributed by atoms with Crippen molar-refractivity contribution < 1.29 is 14.4 Å². The van der Waals surface area contributed by atoms with Crippen LogP contribution in [-0.2, 0) is 11.3 Å². The number of nitro benzene ring substituents is 1. The minimum atomic E-state index is -0.391. The Balaban J connectivity index is 1.93. The lowest BCUT2D eigenvalue weighted by Crippen LogP contribution is -2.29. The summed E-state index contributed by atoms with van der Waals surface area (Å²) in [6.07, 6.45) is 2.27. The van der Waals surface area contributed by atoms with Gasteiger partial charge in [-0.3, -0.25) is 10.1 Å². The summed E-state index contributed by atoms with van der Waals surface area (Å²) in [4.78, 5) is 10.4. The summed E-state index contributed by atoms with van der Waals surface area (Å²) in [5, 5.41) is 14.1. The van der Waals surface area contributed by atoms with Crippen molar-refractivity contribution in [2.24, 2.45) is 5.92 Å². The maximum absolute atomic E-state index is 10.8. The standard InChI is InChI=1S/C14H20N2O4/c1-19-14-5-4-13(16(17)18)7-12(14)9-15-8-11-3-2-6-20-10-11/h4-5,7,11,15H,2-3,6,8-10H2,1H3. The number of benzene rings is 1. The van der Waals surface area contributed by atoms with Gasteiger partial charge in [0, 0.05) is 37.4 Å². The lowest BCUT2D eigenvalue weighted by Gasteiger charge is -2.22. The molecule has 1 fully saturated rings. The van der Waals surface area contributed by atoms with Gasteiger partial charge in [-0.05, 0) is 24.8 Å². The van der Waals surface area contributed by atoms with Crippen LogP contribution >= 0.6 is 0 Å². The topological polar surface area (TPSA) is 73.6 Å². The fourth-order valence-electron chi connectivity index (χ4n) is 2.40. The van der Waals surface area contributed by atoms with E-state index in [9.17, 15) is 10.1 Å². The smallest absolute Gasteiger partial charge is 0.270 e. The molecule has 1 unspecified atom stereocenters. The lowest BCUT2D eigenvalue weighted by atomic mass is 10.0. The molecule has 1 atom stereocenters. The molecule has 2 rings (SSSR count). The summed E-state index contributed by atoms with van der Waals surface area (Å²) in [6, 6.07) is 4.65. The highest BCUT2D eigenvalue weighted by Gasteiger charge is 2.15. The van der Waals surface area contributed by atoms with E-state index < -0.39 is 4.92 Å². The monoisotopic (exact) mass is 280 g/mol. The number of nitrogens with zero attached hydrogens (tertiary/aromatic N) is 1. The number of methoxy groups -OCH3 is 1. The molecule has 0 aliphatic carbocycles. The Morgan fingerprint density at radius 3 is 3.05 bits per heavy atom. The van der Waals surface area contributed by atoms with Gasteiger partial charge in [0.25, 0.3) is 5.69 Å². The molecule has 6 heteroatoms. The van der Waals surface area contributed by atoms with Gasteiger partial charge in [0.2, 0.25) is 0 Å². The van der Waals surface area contributed by atoms with Crippen molar-refractivity contribution in [2.75, 3.05) is 26.9 Å². The summed E-state index contributed by atoms with van der Waals surface area (Å²) >= 11 is 0. The molecule has 0 bridgehead atoms. The molecule has 0 spiro atoms. The third-order valence-corrected chi connectivity index (χ3v) is 3.48. The van der Waals surface area contributed by atoms with Gasteiger partial charge in [0.1, 0.15) is 5.75 Å². The van der Waals surface area contributed by atoms with Crippen molar-refractivity contribution in [3.05, 3.63) is 33.9 Å². The molecule has 1 aromatic rings. The Hall–Kier alpha value is -1.66. The molecule has 0 aromatic heterocycles. The molecule has 0 radical (unpaired) electrons. The average molecular weight is 280 g/mol. The third kappa shape index (κ3) is 3.91. The van der Waals surface area contributed by atoms with E-state index >= 15 is 0 Å². The highest BCUT2D eigenvalue weighted by Crippen LogP contribution is 2.24. The van der Waals surface area contributed by atoms with Crippen molar-refractivity contribution >= 4 is 5.69 Å². The molecule has 1 aliphatic rings. The Labute approximate surface area is 118 Å². The summed E-state index contributed by atoms with van der Waals surface area (Å²) in [7, 11) is 1.57. The van der Waals surface area contributed by atoms with Crippen LogP contribution in [0.4, 0.5) is 5.69 Å². The van der Waals surface area contributed by atoms with Gasteiger partial charge in [-0.15, -0.1) is 0 Å². The first kappa shape index (κ1) is 14.7. The van der Waals surface area contributed by atoms with Gasteiger partial charge >= 0.3 is 0 Å². The Morgan fingerprint density at radius 1 is 1.55 bits per heavy atom. The van der Waals surface area contributed by atoms with E-state index in [0.29, 0.717) is 18.2 Å². The maximum atomic E-state index is 10.8. The summed E-state index contributed by atoms with van der Waals surface area (Å²) < 4.78 is 10.7. The summed E-state index contributed by atoms with van der Waals surface area (Å²) in [5.41, 5.74) is 0.891. The predicted molar refractivity (Wildman–Crippen MR) is 74.9 cm³/mol. The van der Waals surface area contributed by atoms with Crippen LogP contribution in [0, 0.1) is 16.0 Å². The molecule has 1 saturated heterocycles. The predicted octanol–water partition coefficient (Wildman–Crippen LogP) is 2.12. The second-order valence-electron chi connectivity index (χ2n) is 4.97. The molecule has 1 N–H and O–H groups in total. The Kier molecular flexibility index (Phi) is 5.31. The number of hydrogen-bond acceptors (Lipinski definition) is 5. The van der Waals surface area contributed by atoms with Gasteiger partial charge in [0.05, 0.1) is 18.6 Å². The quantitative estimate of drug-likeness (QED) is 0.638. The molecule has 1 aliphatic heterocycles. The second-order valence-corrected chi connectivity index (χ2v) is 4.97. The van der Waals surface area contributed by atoms with Crippen LogP contribution in [0.5, 0.6) is 5.75 Å². The number of ether oxygens (including phenoxy) is 2. The molecule has 0 amide bonds. The molecule has 1 heterocycles. The molecule has 0 saturated carbocycles. The molecule has 110 valence electrons. The van der Waals surface area contributed by atoms with Crippen LogP contribution in [0.1, 0.15) is 18.4 Å². The first-order valence-corrected chi connectivity index (χ1v) is 6.80. The van der Waals surface area contributed by atoms with E-state index in [4.69, 9.17) is 9.47 Å². The van der Waals surface area contributed by atoms with Crippen molar-refractivity contribution in [2.45, 2.75) is 19.4 Å². The third-order valence-electron chi connectivity index (χ3n) is 3.48. The van der Waals surface area contributed by atoms with Crippen LogP contribution in [0.2, 0.25) is 0 Å². The minimum absolute atomic E-state index is 0.0867. The highest BCUT2D eigenvalue weighted by atomic mass is 16.6. The van der Waals surface area contributed by atoms with E-state index in [1.165, 1.54) is 12.5 Å². The number of non-ortho nitro benzene ring substituents is 1. The van der Waals surface area contributed by atoms with Crippen molar-refractivity contribution in [1.29, 1.82) is 0 Å². The summed E-state index contributed by atoms with van der Waals surface area (Å²) in [5.74, 6) is 1.19. The van der Waals surface area contributed by atoms with Crippen molar-refractivity contribution in [3.63, 3.8) is 0 Å². The SMILES string of the molecule is COc1ccc([N+](=O)[O-])cc1CNCC1CCCOC1. The largest absolute Gasteiger partial charge is 0.496 e. The average Bonchev–Trinajstić information content (AvgIpc) is 2.48. The fourth-order valence-corrected chi connectivity index (χ4v) is 2.40. The Bertz CT molecular complexity index is 458. The molecule has 6 nitrogen and oxygen atoms in total. The van der Waals surface area contributed by atoms with Crippen LogP contribution in [0.15, 0.2) is 18.2 Å². The molecule has 1 aromatic carbocycles. The Morgan fingerprint density at radius 2 is 2.40 bits per heavy atom. The van der Waals surface area contributed by atoms with E-state index in [1.807, 2.05) is 0 Å². The van der Waals surface area contributed by atoms with Gasteiger partial charge in [-0.1, -0.05) is 0 Å². The van der Waals surface area contributed by atoms with Gasteiger partial charge in [-0.2, -0.15) is 0 Å². The van der Waals surface area contributed by atoms with Gasteiger partial charge in [-0.25, -0.2) is 0 Å². The van der Waals surface area contributed by atoms with Crippen LogP contribution in [-0.4, -0.2) is 31.8 Å². The number of nitro groups is 1. The lowest BCUT2D eigenvalue weighted by molar-refractivity contribution is -0.384. The van der Waals surface area contributed by atoms with Crippen LogP contribution < -0.4 is 10.1 Å². The maximum Gasteiger partial charge on any atom is 0.270 e.